The zero-order chi connectivity index (χ0) is 28.5. The number of benzene rings is 1. The fourth-order valence-corrected chi connectivity index (χ4v) is 6.54. The molecule has 0 bridgehead atoms. The quantitative estimate of drug-likeness (QED) is 0.427. The van der Waals surface area contributed by atoms with E-state index in [9.17, 15) is 19.5 Å². The molecule has 2 amide bonds. The molecular formula is C30H42N4O5. The molecule has 9 heteroatoms. The zero-order valence-corrected chi connectivity index (χ0v) is 23.7. The van der Waals surface area contributed by atoms with Gasteiger partial charge in [0.25, 0.3) is 11.5 Å². The summed E-state index contributed by atoms with van der Waals surface area (Å²) < 4.78 is 5.56. The van der Waals surface area contributed by atoms with Crippen molar-refractivity contribution in [3.8, 4) is 5.75 Å². The lowest BCUT2D eigenvalue weighted by molar-refractivity contribution is -0.139. The number of carbonyl (C=O) groups is 2. The Morgan fingerprint density at radius 2 is 1.95 bits per heavy atom. The van der Waals surface area contributed by atoms with Crippen LogP contribution < -0.4 is 21.3 Å². The van der Waals surface area contributed by atoms with Crippen molar-refractivity contribution in [3.63, 3.8) is 0 Å². The summed E-state index contributed by atoms with van der Waals surface area (Å²) in [5, 5.41) is 15.1. The number of hydrogen-bond donors (Lipinski definition) is 4. The maximum Gasteiger partial charge on any atom is 0.261 e. The van der Waals surface area contributed by atoms with Crippen LogP contribution in [0.5, 0.6) is 5.75 Å². The lowest BCUT2D eigenvalue weighted by Gasteiger charge is -2.60. The van der Waals surface area contributed by atoms with Gasteiger partial charge in [-0.1, -0.05) is 19.9 Å². The molecule has 2 aliphatic carbocycles. The molecule has 2 heterocycles. The second-order valence-corrected chi connectivity index (χ2v) is 11.1. The van der Waals surface area contributed by atoms with Gasteiger partial charge in [-0.15, -0.1) is 0 Å². The van der Waals surface area contributed by atoms with E-state index in [1.807, 2.05) is 32.0 Å². The number of nitrogens with two attached hydrogens (primary N) is 1. The molecule has 1 aromatic heterocycles. The Kier molecular flexibility index (Phi) is 8.23. The number of aryl methyl sites for hydroxylation is 1. The summed E-state index contributed by atoms with van der Waals surface area (Å²) in [6.45, 7) is 9.61. The van der Waals surface area contributed by atoms with E-state index in [4.69, 9.17) is 10.5 Å². The highest BCUT2D eigenvalue weighted by atomic mass is 16.5. The first-order valence-corrected chi connectivity index (χ1v) is 14.0. The fourth-order valence-electron chi connectivity index (χ4n) is 6.54. The van der Waals surface area contributed by atoms with Crippen molar-refractivity contribution in [2.24, 2.45) is 11.7 Å². The minimum absolute atomic E-state index is 0.0908. The predicted molar refractivity (Wildman–Crippen MR) is 150 cm³/mol. The van der Waals surface area contributed by atoms with Crippen molar-refractivity contribution in [1.82, 2.24) is 15.2 Å². The van der Waals surface area contributed by atoms with Crippen molar-refractivity contribution < 1.29 is 19.4 Å². The van der Waals surface area contributed by atoms with E-state index in [-0.39, 0.29) is 24.6 Å². The van der Waals surface area contributed by atoms with Crippen LogP contribution in [0.25, 0.3) is 0 Å². The Morgan fingerprint density at radius 3 is 2.59 bits per heavy atom. The molecular weight excluding hydrogens is 496 g/mol. The fraction of sp³-hybridized carbons (Fsp3) is 0.567. The summed E-state index contributed by atoms with van der Waals surface area (Å²) in [5.74, 6) is 0.0562. The number of aliphatic hydroxyl groups is 1. The lowest BCUT2D eigenvalue weighted by Crippen LogP contribution is -2.71. The Labute approximate surface area is 230 Å². The van der Waals surface area contributed by atoms with Gasteiger partial charge < -0.3 is 25.9 Å². The van der Waals surface area contributed by atoms with E-state index in [0.717, 1.165) is 47.6 Å². The molecule has 5 N–H and O–H groups in total. The number of aromatic nitrogens is 1. The summed E-state index contributed by atoms with van der Waals surface area (Å²) in [6, 6.07) is 7.40. The van der Waals surface area contributed by atoms with Gasteiger partial charge in [-0.25, -0.2) is 0 Å². The topological polar surface area (TPSA) is 138 Å². The van der Waals surface area contributed by atoms with Crippen LogP contribution in [0.2, 0.25) is 0 Å². The first-order valence-electron chi connectivity index (χ1n) is 14.0. The summed E-state index contributed by atoms with van der Waals surface area (Å²) in [6.07, 6.45) is 3.92. The van der Waals surface area contributed by atoms with Crippen molar-refractivity contribution in [3.05, 3.63) is 62.6 Å². The predicted octanol–water partition coefficient (Wildman–Crippen LogP) is 2.21. The molecule has 9 nitrogen and oxygen atoms in total. The van der Waals surface area contributed by atoms with E-state index in [2.05, 4.69) is 29.0 Å². The third kappa shape index (κ3) is 5.22. The molecule has 2 aromatic rings. The average Bonchev–Trinajstić information content (AvgIpc) is 3.74. The first kappa shape index (κ1) is 28.8. The van der Waals surface area contributed by atoms with Gasteiger partial charge in [0.1, 0.15) is 11.3 Å². The Hall–Kier alpha value is -3.17. The van der Waals surface area contributed by atoms with Gasteiger partial charge in [-0.05, 0) is 80.5 Å². The van der Waals surface area contributed by atoms with Gasteiger partial charge in [0.05, 0.1) is 19.3 Å². The third-order valence-corrected chi connectivity index (χ3v) is 8.86. The highest BCUT2D eigenvalue weighted by molar-refractivity contribution is 5.96. The van der Waals surface area contributed by atoms with Crippen LogP contribution in [0.1, 0.15) is 72.8 Å². The molecule has 0 spiro atoms. The van der Waals surface area contributed by atoms with Crippen LogP contribution >= 0.6 is 0 Å². The number of pyridine rings is 1. The van der Waals surface area contributed by atoms with E-state index < -0.39 is 28.4 Å². The Bertz CT molecular complexity index is 1300. The van der Waals surface area contributed by atoms with Gasteiger partial charge in [0, 0.05) is 36.5 Å². The smallest absolute Gasteiger partial charge is 0.261 e. The van der Waals surface area contributed by atoms with Crippen LogP contribution in [-0.2, 0) is 23.1 Å². The molecule has 212 valence electrons. The van der Waals surface area contributed by atoms with Crippen molar-refractivity contribution in [2.45, 2.75) is 76.9 Å². The number of methoxy groups -OCH3 is 1. The van der Waals surface area contributed by atoms with Gasteiger partial charge in [0.2, 0.25) is 5.91 Å². The number of piperidine rings is 1. The van der Waals surface area contributed by atoms with E-state index in [1.54, 1.807) is 13.2 Å². The second kappa shape index (κ2) is 11.1. The van der Waals surface area contributed by atoms with Crippen LogP contribution in [0.4, 0.5) is 0 Å². The number of carbonyl (C=O) groups excluding carboxylic acids is 2. The molecule has 1 saturated carbocycles. The standard InChI is InChI=1S/C28H36N4O5.C2H6/c1-16-4-7-20(37-3)11-22(16)27-8-9-32(15-18-5-6-18)17(2)28(27,36)12-19-10-21(25(34)30-14-24(29)33)26(35)31-23(19)13-27;1-2/h4,7,10-11,17-18,36H,5-6,8-9,12-15H2,1-3H3,(H2,29,33)(H,30,34)(H,31,35);1-2H3. The molecule has 1 aliphatic heterocycles. The van der Waals surface area contributed by atoms with Crippen molar-refractivity contribution in [2.75, 3.05) is 26.7 Å². The van der Waals surface area contributed by atoms with E-state index in [1.165, 1.54) is 12.8 Å². The van der Waals surface area contributed by atoms with E-state index >= 15 is 0 Å². The summed E-state index contributed by atoms with van der Waals surface area (Å²) in [7, 11) is 1.64. The molecule has 3 atom stereocenters. The number of fused-ring (bicyclic) bond motifs is 2. The SMILES string of the molecule is CC.COc1ccc(C)c(C23CCN(CC4CC4)C(C)C2(O)Cc2cc(C(=O)NCC(N)=O)c(=O)[nH]c2C3)c1. The number of aromatic amines is 1. The largest absolute Gasteiger partial charge is 0.497 e. The Morgan fingerprint density at radius 1 is 1.23 bits per heavy atom. The number of nitrogens with zero attached hydrogens (tertiary/aromatic N) is 1. The maximum atomic E-state index is 12.9. The number of likely N-dealkylation sites (tertiary alicyclic amines) is 1. The molecule has 0 radical (unpaired) electrons. The van der Waals surface area contributed by atoms with Crippen LogP contribution in [0.3, 0.4) is 0 Å². The Balaban J connectivity index is 0.00000172. The molecule has 3 aliphatic rings. The highest BCUT2D eigenvalue weighted by Gasteiger charge is 2.61. The van der Waals surface area contributed by atoms with Crippen molar-refractivity contribution >= 4 is 11.8 Å². The number of primary amides is 1. The first-order chi connectivity index (χ1) is 18.6. The number of rotatable bonds is 7. The highest BCUT2D eigenvalue weighted by Crippen LogP contribution is 2.54. The molecule has 3 unspecified atom stereocenters. The molecule has 2 fully saturated rings. The van der Waals surface area contributed by atoms with Gasteiger partial charge >= 0.3 is 0 Å². The number of hydrogen-bond acceptors (Lipinski definition) is 6. The maximum absolute atomic E-state index is 12.9. The van der Waals surface area contributed by atoms with Crippen LogP contribution in [0.15, 0.2) is 29.1 Å². The van der Waals surface area contributed by atoms with Crippen LogP contribution in [-0.4, -0.2) is 65.2 Å². The minimum Gasteiger partial charge on any atom is -0.497 e. The zero-order valence-electron chi connectivity index (χ0n) is 23.7. The minimum atomic E-state index is -1.15. The molecule has 5 rings (SSSR count). The summed E-state index contributed by atoms with van der Waals surface area (Å²) in [5.41, 5.74) is 6.30. The number of ether oxygens (including phenoxy) is 1. The summed E-state index contributed by atoms with van der Waals surface area (Å²) >= 11 is 0. The molecule has 1 aromatic carbocycles. The lowest BCUT2D eigenvalue weighted by atomic mass is 9.53. The van der Waals surface area contributed by atoms with Crippen LogP contribution in [0, 0.1) is 12.8 Å². The molecule has 1 saturated heterocycles. The monoisotopic (exact) mass is 538 g/mol. The number of nitrogens with one attached hydrogen (secondary N) is 2. The molecule has 39 heavy (non-hydrogen) atoms. The second-order valence-electron chi connectivity index (χ2n) is 11.1. The third-order valence-electron chi connectivity index (χ3n) is 8.86. The normalized spacial score (nSPS) is 25.9. The van der Waals surface area contributed by atoms with Gasteiger partial charge in [0.15, 0.2) is 0 Å². The van der Waals surface area contributed by atoms with E-state index in [0.29, 0.717) is 12.3 Å². The average molecular weight is 539 g/mol. The summed E-state index contributed by atoms with van der Waals surface area (Å²) in [4.78, 5) is 42.0. The number of amides is 2. The van der Waals surface area contributed by atoms with Gasteiger partial charge in [-0.2, -0.15) is 0 Å². The van der Waals surface area contributed by atoms with Gasteiger partial charge in [-0.3, -0.25) is 19.3 Å². The van der Waals surface area contributed by atoms with Crippen molar-refractivity contribution in [1.29, 1.82) is 0 Å². The number of H-pyrrole nitrogens is 1.